The van der Waals surface area contributed by atoms with Gasteiger partial charge in [0.25, 0.3) is 0 Å². The van der Waals surface area contributed by atoms with E-state index < -0.39 is 5.97 Å². The summed E-state index contributed by atoms with van der Waals surface area (Å²) in [5.41, 5.74) is 1.83. The summed E-state index contributed by atoms with van der Waals surface area (Å²) in [6.07, 6.45) is 16.8. The number of hydrogen-bond donors (Lipinski definition) is 0. The molecule has 0 N–H and O–H groups in total. The van der Waals surface area contributed by atoms with Crippen LogP contribution in [0.15, 0.2) is 72.0 Å². The van der Waals surface area contributed by atoms with Crippen LogP contribution in [0.4, 0.5) is 4.39 Å². The molecule has 0 aromatic heterocycles. The molecule has 0 saturated heterocycles. The first-order valence-electron chi connectivity index (χ1n) is 10.6. The maximum Gasteiger partial charge on any atom is 0.213 e. The molecule has 6 heteroatoms. The highest BCUT2D eigenvalue weighted by atomic mass is 19.1. The molecule has 0 bridgehead atoms. The van der Waals surface area contributed by atoms with Crippen LogP contribution in [-0.2, 0) is 4.79 Å². The van der Waals surface area contributed by atoms with Gasteiger partial charge < -0.3 is 14.5 Å². The van der Waals surface area contributed by atoms with E-state index in [1.54, 1.807) is 25.4 Å². The summed E-state index contributed by atoms with van der Waals surface area (Å²) in [5, 5.41) is 0. The molecule has 0 radical (unpaired) electrons. The van der Waals surface area contributed by atoms with E-state index in [0.29, 0.717) is 5.75 Å². The van der Waals surface area contributed by atoms with Crippen molar-refractivity contribution in [3.05, 3.63) is 72.6 Å². The molecule has 0 aliphatic heterocycles. The van der Waals surface area contributed by atoms with E-state index in [4.69, 9.17) is 4.74 Å². The van der Waals surface area contributed by atoms with E-state index in [9.17, 15) is 9.18 Å². The Kier molecular flexibility index (Phi) is 10.3. The quantitative estimate of drug-likeness (QED) is 0.248. The van der Waals surface area contributed by atoms with Crippen molar-refractivity contribution >= 4 is 17.9 Å². The van der Waals surface area contributed by atoms with Gasteiger partial charge in [0.05, 0.1) is 0 Å². The number of halogens is 1. The van der Waals surface area contributed by atoms with Crippen LogP contribution in [0.3, 0.4) is 0 Å². The normalized spacial score (nSPS) is 15.2. The number of ether oxygens (including phenoxy) is 1. The van der Waals surface area contributed by atoms with Crippen LogP contribution in [0.25, 0.3) is 5.57 Å². The van der Waals surface area contributed by atoms with Crippen LogP contribution in [-0.4, -0.2) is 49.5 Å². The van der Waals surface area contributed by atoms with Crippen LogP contribution in [0.5, 0.6) is 5.75 Å². The molecule has 1 aromatic carbocycles. The molecule has 0 unspecified atom stereocenters. The van der Waals surface area contributed by atoms with Gasteiger partial charge in [0.15, 0.2) is 6.73 Å². The third-order valence-electron chi connectivity index (χ3n) is 4.62. The lowest BCUT2D eigenvalue weighted by molar-refractivity contribution is -0.114. The topological polar surface area (TPSA) is 45.1 Å². The second kappa shape index (κ2) is 13.2. The van der Waals surface area contributed by atoms with Crippen molar-refractivity contribution in [2.24, 2.45) is 10.9 Å². The Balaban J connectivity index is 2.12. The number of amides is 1. The summed E-state index contributed by atoms with van der Waals surface area (Å²) < 4.78 is 19.1. The molecule has 0 atom stereocenters. The van der Waals surface area contributed by atoms with Crippen molar-refractivity contribution in [3.63, 3.8) is 0 Å². The zero-order chi connectivity index (χ0) is 22.5. The number of benzene rings is 1. The summed E-state index contributed by atoms with van der Waals surface area (Å²) in [4.78, 5) is 18.3. The van der Waals surface area contributed by atoms with Gasteiger partial charge in [-0.15, -0.1) is 0 Å². The lowest BCUT2D eigenvalue weighted by atomic mass is 10.0. The van der Waals surface area contributed by atoms with Gasteiger partial charge in [0, 0.05) is 26.8 Å². The minimum atomic E-state index is -0.557. The molecule has 2 rings (SSSR count). The Hall–Kier alpha value is -3.15. The number of carbonyl (C=O) groups excluding carboxylic acids is 1. The van der Waals surface area contributed by atoms with Crippen LogP contribution in [0, 0.1) is 5.92 Å². The Labute approximate surface area is 184 Å². The first kappa shape index (κ1) is 24.1. The predicted molar refractivity (Wildman–Crippen MR) is 125 cm³/mol. The van der Waals surface area contributed by atoms with Crippen molar-refractivity contribution in [3.8, 4) is 5.75 Å². The number of rotatable bonds is 13. The Bertz CT molecular complexity index is 854. The molecule has 1 aromatic rings. The molecule has 1 fully saturated rings. The zero-order valence-electron chi connectivity index (χ0n) is 18.6. The second-order valence-electron chi connectivity index (χ2n) is 7.53. The third kappa shape index (κ3) is 9.94. The largest absolute Gasteiger partial charge is 0.471 e. The number of carbonyl (C=O) groups is 1. The second-order valence-corrected chi connectivity index (χ2v) is 7.53. The molecule has 0 heterocycles. The number of allylic oxidation sites excluding steroid dienone is 6. The summed E-state index contributed by atoms with van der Waals surface area (Å²) in [6, 6.07) is 7.50. The highest BCUT2D eigenvalue weighted by Crippen LogP contribution is 2.29. The van der Waals surface area contributed by atoms with Gasteiger partial charge in [-0.05, 0) is 72.9 Å². The fourth-order valence-electron chi connectivity index (χ4n) is 2.74. The summed E-state index contributed by atoms with van der Waals surface area (Å²) in [6.45, 7) is 2.90. The highest BCUT2D eigenvalue weighted by molar-refractivity contribution is 5.86. The molecule has 5 nitrogen and oxygen atoms in total. The molecular formula is C25H32FN3O2. The van der Waals surface area contributed by atoms with Crippen molar-refractivity contribution in [2.75, 3.05) is 27.4 Å². The first-order chi connectivity index (χ1) is 15.0. The third-order valence-corrected chi connectivity index (χ3v) is 4.62. The van der Waals surface area contributed by atoms with Crippen LogP contribution >= 0.6 is 0 Å². The standard InChI is InChI=1S/C25H32FN3O2/c1-4-5-11-25(26)27-19-31-24-10-6-8-23(17-24)22(14-16-29(3)20-30)9-7-15-28(2)18-21-12-13-21/h5-11,14-17,20-21H,4,12-13,18-19H2,1-3H3/b11-5-,15-7+,16-14+,22-9+,27-25+. The van der Waals surface area contributed by atoms with Crippen molar-refractivity contribution < 1.29 is 13.9 Å². The van der Waals surface area contributed by atoms with Gasteiger partial charge in [-0.1, -0.05) is 31.2 Å². The summed E-state index contributed by atoms with van der Waals surface area (Å²) in [7, 11) is 3.75. The molecule has 1 amide bonds. The summed E-state index contributed by atoms with van der Waals surface area (Å²) >= 11 is 0. The molecule has 1 saturated carbocycles. The van der Waals surface area contributed by atoms with E-state index in [0.717, 1.165) is 36.4 Å². The molecule has 166 valence electrons. The van der Waals surface area contributed by atoms with Crippen molar-refractivity contribution in [1.82, 2.24) is 9.80 Å². The molecule has 1 aliphatic rings. The SMILES string of the molecule is CC/C=C\C(F)=N/COc1cccc(C(/C=C/N(C)C=O)=C/C=C/N(C)CC2CC2)c1. The van der Waals surface area contributed by atoms with E-state index in [-0.39, 0.29) is 6.73 Å². The van der Waals surface area contributed by atoms with Crippen molar-refractivity contribution in [1.29, 1.82) is 0 Å². The number of aliphatic imine (C=N–C) groups is 1. The fraction of sp³-hybridized carbons (Fsp3) is 0.360. The lowest BCUT2D eigenvalue weighted by Gasteiger charge is -2.12. The van der Waals surface area contributed by atoms with Gasteiger partial charge in [-0.25, -0.2) is 4.99 Å². The first-order valence-corrected chi connectivity index (χ1v) is 10.6. The van der Waals surface area contributed by atoms with Gasteiger partial charge in [0.1, 0.15) is 5.75 Å². The molecule has 1 aliphatic carbocycles. The van der Waals surface area contributed by atoms with Crippen LogP contribution < -0.4 is 4.74 Å². The minimum Gasteiger partial charge on any atom is -0.471 e. The lowest BCUT2D eigenvalue weighted by Crippen LogP contribution is -2.13. The maximum absolute atomic E-state index is 13.5. The van der Waals surface area contributed by atoms with E-state index in [2.05, 4.69) is 23.1 Å². The van der Waals surface area contributed by atoms with Gasteiger partial charge in [-0.2, -0.15) is 4.39 Å². The summed E-state index contributed by atoms with van der Waals surface area (Å²) in [5.74, 6) is 0.850. The van der Waals surface area contributed by atoms with Gasteiger partial charge in [0.2, 0.25) is 12.4 Å². The van der Waals surface area contributed by atoms with Gasteiger partial charge in [-0.3, -0.25) is 4.79 Å². The fourth-order valence-corrected chi connectivity index (χ4v) is 2.74. The Morgan fingerprint density at radius 2 is 2.06 bits per heavy atom. The number of nitrogens with zero attached hydrogens (tertiary/aromatic N) is 3. The zero-order valence-corrected chi connectivity index (χ0v) is 18.6. The average Bonchev–Trinajstić information content (AvgIpc) is 3.58. The highest BCUT2D eigenvalue weighted by Gasteiger charge is 2.21. The number of hydrogen-bond acceptors (Lipinski definition) is 4. The average molecular weight is 426 g/mol. The molecular weight excluding hydrogens is 393 g/mol. The smallest absolute Gasteiger partial charge is 0.213 e. The van der Waals surface area contributed by atoms with Crippen LogP contribution in [0.2, 0.25) is 0 Å². The van der Waals surface area contributed by atoms with E-state index in [1.165, 1.54) is 23.8 Å². The molecule has 31 heavy (non-hydrogen) atoms. The van der Waals surface area contributed by atoms with Gasteiger partial charge >= 0.3 is 0 Å². The predicted octanol–water partition coefficient (Wildman–Crippen LogP) is 5.20. The molecule has 0 spiro atoms. The van der Waals surface area contributed by atoms with E-state index >= 15 is 0 Å². The Morgan fingerprint density at radius 3 is 2.77 bits per heavy atom. The van der Waals surface area contributed by atoms with E-state index in [1.807, 2.05) is 43.4 Å². The minimum absolute atomic E-state index is 0.0992. The monoisotopic (exact) mass is 425 g/mol. The van der Waals surface area contributed by atoms with Crippen molar-refractivity contribution in [2.45, 2.75) is 26.2 Å². The van der Waals surface area contributed by atoms with Crippen LogP contribution in [0.1, 0.15) is 31.7 Å². The maximum atomic E-state index is 13.5. The Morgan fingerprint density at radius 1 is 1.26 bits per heavy atom.